The fraction of sp³-hybridized carbons (Fsp3) is 0.280. The van der Waals surface area contributed by atoms with E-state index in [0.717, 1.165) is 35.2 Å². The fourth-order valence-electron chi connectivity index (χ4n) is 4.23. The number of nitrogens with zero attached hydrogens (tertiary/aromatic N) is 4. The van der Waals surface area contributed by atoms with Gasteiger partial charge in [0.25, 0.3) is 0 Å². The summed E-state index contributed by atoms with van der Waals surface area (Å²) in [5.41, 5.74) is 3.20. The van der Waals surface area contributed by atoms with E-state index in [9.17, 15) is 13.2 Å². The first-order chi connectivity index (χ1) is 17.9. The lowest BCUT2D eigenvalue weighted by Crippen LogP contribution is -2.31. The Morgan fingerprint density at radius 1 is 1.05 bits per heavy atom. The number of anilines is 4. The molecule has 2 aromatic heterocycles. The topological polar surface area (TPSA) is 145 Å². The molecule has 4 aromatic rings. The Hall–Kier alpha value is -4.03. The van der Waals surface area contributed by atoms with Crippen molar-refractivity contribution in [1.82, 2.24) is 29.8 Å². The third kappa shape index (κ3) is 6.40. The normalized spacial score (nSPS) is 13.8. The van der Waals surface area contributed by atoms with E-state index in [2.05, 4.69) is 35.5 Å². The lowest BCUT2D eigenvalue weighted by Gasteiger charge is -2.15. The van der Waals surface area contributed by atoms with Gasteiger partial charge >= 0.3 is 0 Å². The van der Waals surface area contributed by atoms with Crippen LogP contribution in [0.4, 0.5) is 23.1 Å². The first-order valence-corrected chi connectivity index (χ1v) is 13.7. The van der Waals surface area contributed by atoms with Gasteiger partial charge in [0, 0.05) is 43.3 Å². The highest BCUT2D eigenvalue weighted by atomic mass is 32.2. The molecule has 1 aliphatic rings. The van der Waals surface area contributed by atoms with Gasteiger partial charge in [0.2, 0.25) is 21.9 Å². The van der Waals surface area contributed by atoms with Gasteiger partial charge in [0.05, 0.1) is 23.2 Å². The first kappa shape index (κ1) is 24.7. The van der Waals surface area contributed by atoms with Gasteiger partial charge in [-0.25, -0.2) is 18.1 Å². The van der Waals surface area contributed by atoms with Crippen LogP contribution in [0.25, 0.3) is 10.9 Å². The minimum atomic E-state index is -3.48. The van der Waals surface area contributed by atoms with Gasteiger partial charge in [-0.1, -0.05) is 18.2 Å². The summed E-state index contributed by atoms with van der Waals surface area (Å²) in [5, 5.41) is 14.4. The smallest absolute Gasteiger partial charge is 0.229 e. The highest BCUT2D eigenvalue weighted by Gasteiger charge is 2.19. The van der Waals surface area contributed by atoms with Crippen LogP contribution in [0, 0.1) is 0 Å². The lowest BCUT2D eigenvalue weighted by atomic mass is 10.2. The maximum atomic E-state index is 12.4. The second kappa shape index (κ2) is 10.9. The van der Waals surface area contributed by atoms with Crippen molar-refractivity contribution in [3.05, 3.63) is 66.5 Å². The van der Waals surface area contributed by atoms with E-state index >= 15 is 0 Å². The number of carbonyl (C=O) groups is 1. The molecule has 0 spiro atoms. The standard InChI is InChI=1S/C25H28N8O3S/c34-24-6-2-14-33(24)15-3-12-28-37(35,36)17-18-7-9-19(10-8-18)29-25-26-13-11-23(31-25)30-21-4-1-5-22-20(21)16-27-32-22/h1,4-5,7-11,13,16,28H,2-3,6,12,14-15,17H2,(H,27,32)(H2,26,29,30,31). The molecule has 0 bridgehead atoms. The van der Waals surface area contributed by atoms with Crippen LogP contribution in [0.15, 0.2) is 60.9 Å². The minimum Gasteiger partial charge on any atom is -0.343 e. The Labute approximate surface area is 214 Å². The van der Waals surface area contributed by atoms with E-state index in [-0.39, 0.29) is 11.7 Å². The predicted molar refractivity (Wildman–Crippen MR) is 142 cm³/mol. The van der Waals surface area contributed by atoms with Crippen molar-refractivity contribution in [3.63, 3.8) is 0 Å². The molecule has 2 aromatic carbocycles. The van der Waals surface area contributed by atoms with E-state index in [0.29, 0.717) is 43.3 Å². The monoisotopic (exact) mass is 520 g/mol. The third-order valence-electron chi connectivity index (χ3n) is 6.07. The van der Waals surface area contributed by atoms with Crippen LogP contribution in [0.1, 0.15) is 24.8 Å². The molecular formula is C25H28N8O3S. The predicted octanol–water partition coefficient (Wildman–Crippen LogP) is 3.27. The Kier molecular flexibility index (Phi) is 7.28. The molecule has 0 saturated carbocycles. The van der Waals surface area contributed by atoms with Gasteiger partial charge in [0.15, 0.2) is 0 Å². The molecule has 12 heteroatoms. The molecular weight excluding hydrogens is 492 g/mol. The number of aromatic nitrogens is 4. The zero-order valence-corrected chi connectivity index (χ0v) is 21.0. The molecule has 11 nitrogen and oxygen atoms in total. The van der Waals surface area contributed by atoms with Gasteiger partial charge in [-0.15, -0.1) is 0 Å². The SMILES string of the molecule is O=C1CCCN1CCCNS(=O)(=O)Cc1ccc(Nc2nccc(Nc3cccc4[nH]ncc34)n2)cc1. The molecule has 1 aliphatic heterocycles. The van der Waals surface area contributed by atoms with Gasteiger partial charge in [-0.2, -0.15) is 10.1 Å². The Morgan fingerprint density at radius 3 is 2.73 bits per heavy atom. The average Bonchev–Trinajstić information content (AvgIpc) is 3.53. The summed E-state index contributed by atoms with van der Waals surface area (Å²) in [7, 11) is -3.48. The zero-order chi connectivity index (χ0) is 25.7. The number of hydrogen-bond acceptors (Lipinski definition) is 8. The molecule has 3 heterocycles. The Morgan fingerprint density at radius 2 is 1.92 bits per heavy atom. The molecule has 0 aliphatic carbocycles. The van der Waals surface area contributed by atoms with Crippen LogP contribution >= 0.6 is 0 Å². The minimum absolute atomic E-state index is 0.120. The van der Waals surface area contributed by atoms with E-state index in [1.54, 1.807) is 47.6 Å². The van der Waals surface area contributed by atoms with Gasteiger partial charge in [-0.05, 0) is 48.7 Å². The molecule has 1 saturated heterocycles. The summed E-state index contributed by atoms with van der Waals surface area (Å²) < 4.78 is 27.5. The molecule has 37 heavy (non-hydrogen) atoms. The number of H-pyrrole nitrogens is 1. The van der Waals surface area contributed by atoms with Crippen LogP contribution in [0.5, 0.6) is 0 Å². The Balaban J connectivity index is 1.14. The van der Waals surface area contributed by atoms with Crippen molar-refractivity contribution < 1.29 is 13.2 Å². The summed E-state index contributed by atoms with van der Waals surface area (Å²) >= 11 is 0. The first-order valence-electron chi connectivity index (χ1n) is 12.1. The van der Waals surface area contributed by atoms with Crippen molar-refractivity contribution in [2.24, 2.45) is 0 Å². The number of amides is 1. The molecule has 0 unspecified atom stereocenters. The van der Waals surface area contributed by atoms with Crippen molar-refractivity contribution in [3.8, 4) is 0 Å². The van der Waals surface area contributed by atoms with Gasteiger partial charge in [0.1, 0.15) is 5.82 Å². The van der Waals surface area contributed by atoms with Crippen molar-refractivity contribution >= 4 is 50.0 Å². The molecule has 192 valence electrons. The number of nitrogens with one attached hydrogen (secondary N) is 4. The zero-order valence-electron chi connectivity index (χ0n) is 20.1. The summed E-state index contributed by atoms with van der Waals surface area (Å²) in [6.07, 6.45) is 5.48. The largest absolute Gasteiger partial charge is 0.343 e. The van der Waals surface area contributed by atoms with Crippen molar-refractivity contribution in [1.29, 1.82) is 0 Å². The second-order valence-electron chi connectivity index (χ2n) is 8.84. The average molecular weight is 521 g/mol. The van der Waals surface area contributed by atoms with Crippen LogP contribution in [-0.4, -0.2) is 59.0 Å². The quantitative estimate of drug-likeness (QED) is 0.221. The summed E-state index contributed by atoms with van der Waals surface area (Å²) in [6, 6.07) is 14.7. The number of rotatable bonds is 11. The molecule has 4 N–H and O–H groups in total. The lowest BCUT2D eigenvalue weighted by molar-refractivity contribution is -0.127. The summed E-state index contributed by atoms with van der Waals surface area (Å²) in [6.45, 7) is 1.65. The molecule has 5 rings (SSSR count). The third-order valence-corrected chi connectivity index (χ3v) is 7.43. The van der Waals surface area contributed by atoms with Crippen LogP contribution in [0.3, 0.4) is 0 Å². The van der Waals surface area contributed by atoms with Crippen molar-refractivity contribution in [2.75, 3.05) is 30.3 Å². The highest BCUT2D eigenvalue weighted by molar-refractivity contribution is 7.88. The summed E-state index contributed by atoms with van der Waals surface area (Å²) in [4.78, 5) is 22.2. The van der Waals surface area contributed by atoms with Crippen LogP contribution in [0.2, 0.25) is 0 Å². The number of aromatic amines is 1. The molecule has 0 radical (unpaired) electrons. The highest BCUT2D eigenvalue weighted by Crippen LogP contribution is 2.25. The number of fused-ring (bicyclic) bond motifs is 1. The van der Waals surface area contributed by atoms with Crippen LogP contribution < -0.4 is 15.4 Å². The molecule has 1 amide bonds. The number of sulfonamides is 1. The fourth-order valence-corrected chi connectivity index (χ4v) is 5.41. The maximum Gasteiger partial charge on any atom is 0.229 e. The number of likely N-dealkylation sites (tertiary alicyclic amines) is 1. The number of hydrogen-bond donors (Lipinski definition) is 4. The second-order valence-corrected chi connectivity index (χ2v) is 10.6. The van der Waals surface area contributed by atoms with Gasteiger partial charge in [-0.3, -0.25) is 9.89 Å². The van der Waals surface area contributed by atoms with Crippen molar-refractivity contribution in [2.45, 2.75) is 25.0 Å². The van der Waals surface area contributed by atoms with E-state index in [1.165, 1.54) is 0 Å². The van der Waals surface area contributed by atoms with E-state index in [4.69, 9.17) is 0 Å². The molecule has 1 fully saturated rings. The Bertz CT molecular complexity index is 1490. The number of benzene rings is 2. The molecule has 0 atom stereocenters. The number of carbonyl (C=O) groups excluding carboxylic acids is 1. The van der Waals surface area contributed by atoms with Crippen LogP contribution in [-0.2, 0) is 20.6 Å². The maximum absolute atomic E-state index is 12.4. The van der Waals surface area contributed by atoms with E-state index in [1.807, 2.05) is 18.2 Å². The van der Waals surface area contributed by atoms with Gasteiger partial charge < -0.3 is 15.5 Å². The van der Waals surface area contributed by atoms with E-state index < -0.39 is 10.0 Å². The summed E-state index contributed by atoms with van der Waals surface area (Å²) in [5.74, 6) is 1.06.